The molecular weight excluding hydrogens is 347 g/mol. The average molecular weight is 364 g/mol. The zero-order valence-electron chi connectivity index (χ0n) is 14.3. The molecule has 27 heavy (non-hydrogen) atoms. The lowest BCUT2D eigenvalue weighted by molar-refractivity contribution is 0.100. The fourth-order valence-electron chi connectivity index (χ4n) is 3.25. The molecule has 4 N–H and O–H groups in total. The van der Waals surface area contributed by atoms with Crippen molar-refractivity contribution in [2.24, 2.45) is 5.73 Å². The van der Waals surface area contributed by atoms with Crippen molar-refractivity contribution in [1.29, 1.82) is 0 Å². The average Bonchev–Trinajstić information content (AvgIpc) is 3.04. The lowest BCUT2D eigenvalue weighted by Gasteiger charge is -2.18. The van der Waals surface area contributed by atoms with Crippen LogP contribution in [0.4, 0.5) is 21.7 Å². The first-order valence-corrected chi connectivity index (χ1v) is 8.48. The fourth-order valence-corrected chi connectivity index (χ4v) is 3.25. The molecule has 0 bridgehead atoms. The van der Waals surface area contributed by atoms with Crippen LogP contribution in [-0.2, 0) is 6.42 Å². The van der Waals surface area contributed by atoms with Gasteiger partial charge >= 0.3 is 0 Å². The molecule has 0 spiro atoms. The second-order valence-electron chi connectivity index (χ2n) is 6.27. The number of anilines is 3. The minimum absolute atomic E-state index is 0.111. The molecule has 8 heteroatoms. The molecule has 0 aliphatic heterocycles. The van der Waals surface area contributed by atoms with E-state index < -0.39 is 5.91 Å². The number of carbonyl (C=O) groups is 1. The van der Waals surface area contributed by atoms with Crippen LogP contribution in [0.15, 0.2) is 49.1 Å². The zero-order valence-corrected chi connectivity index (χ0v) is 14.3. The molecule has 7 nitrogen and oxygen atoms in total. The van der Waals surface area contributed by atoms with Crippen LogP contribution in [0.1, 0.15) is 33.9 Å². The summed E-state index contributed by atoms with van der Waals surface area (Å²) in [5, 5.41) is 6.34. The molecule has 1 aliphatic rings. The van der Waals surface area contributed by atoms with E-state index in [4.69, 9.17) is 5.73 Å². The zero-order chi connectivity index (χ0) is 18.8. The van der Waals surface area contributed by atoms with Gasteiger partial charge in [-0.2, -0.15) is 0 Å². The molecule has 4 rings (SSSR count). The Hall–Kier alpha value is -3.55. The molecule has 1 unspecified atom stereocenters. The number of halogens is 1. The molecule has 0 saturated heterocycles. The third kappa shape index (κ3) is 3.55. The van der Waals surface area contributed by atoms with E-state index in [0.717, 1.165) is 24.0 Å². The minimum Gasteiger partial charge on any atom is -0.377 e. The molecule has 3 aromatic rings. The van der Waals surface area contributed by atoms with Gasteiger partial charge in [-0.05, 0) is 36.1 Å². The van der Waals surface area contributed by atoms with Crippen molar-refractivity contribution in [3.8, 4) is 0 Å². The first-order chi connectivity index (χ1) is 13.1. The van der Waals surface area contributed by atoms with Gasteiger partial charge < -0.3 is 16.4 Å². The highest BCUT2D eigenvalue weighted by atomic mass is 19.1. The number of benzene rings is 1. The highest BCUT2D eigenvalue weighted by Gasteiger charge is 2.24. The Labute approximate surface area is 154 Å². The summed E-state index contributed by atoms with van der Waals surface area (Å²) in [4.78, 5) is 24.1. The van der Waals surface area contributed by atoms with Crippen LogP contribution in [0.25, 0.3) is 0 Å². The van der Waals surface area contributed by atoms with Gasteiger partial charge in [0.15, 0.2) is 0 Å². The van der Waals surface area contributed by atoms with Crippen LogP contribution in [0, 0.1) is 5.82 Å². The predicted octanol–water partition coefficient (Wildman–Crippen LogP) is 2.95. The van der Waals surface area contributed by atoms with Crippen molar-refractivity contribution in [1.82, 2.24) is 15.0 Å². The molecule has 0 saturated carbocycles. The summed E-state index contributed by atoms with van der Waals surface area (Å²) in [7, 11) is 0. The van der Waals surface area contributed by atoms with Crippen LogP contribution in [0.5, 0.6) is 0 Å². The Morgan fingerprint density at radius 2 is 2.04 bits per heavy atom. The number of nitrogens with one attached hydrogen (secondary N) is 2. The number of hydrogen-bond donors (Lipinski definition) is 3. The van der Waals surface area contributed by atoms with Gasteiger partial charge in [0.25, 0.3) is 5.91 Å². The molecular formula is C19H17FN6O. The summed E-state index contributed by atoms with van der Waals surface area (Å²) in [6.07, 6.45) is 7.74. The summed E-state index contributed by atoms with van der Waals surface area (Å²) in [6.45, 7) is 0. The Morgan fingerprint density at radius 1 is 1.15 bits per heavy atom. The molecule has 2 aromatic heterocycles. The maximum absolute atomic E-state index is 13.7. The highest BCUT2D eigenvalue weighted by Crippen LogP contribution is 2.35. The number of pyridine rings is 1. The molecule has 1 atom stereocenters. The van der Waals surface area contributed by atoms with Crippen LogP contribution in [0.2, 0.25) is 0 Å². The number of amides is 1. The number of rotatable bonds is 5. The number of aromatic nitrogens is 3. The number of nitrogens with zero attached hydrogens (tertiary/aromatic N) is 3. The van der Waals surface area contributed by atoms with Crippen molar-refractivity contribution in [3.63, 3.8) is 0 Å². The van der Waals surface area contributed by atoms with E-state index in [9.17, 15) is 9.18 Å². The fraction of sp³-hybridized carbons (Fsp3) is 0.158. The monoisotopic (exact) mass is 364 g/mol. The second-order valence-corrected chi connectivity index (χ2v) is 6.27. The van der Waals surface area contributed by atoms with Crippen LogP contribution in [0.3, 0.4) is 0 Å². The van der Waals surface area contributed by atoms with Gasteiger partial charge in [-0.3, -0.25) is 9.78 Å². The van der Waals surface area contributed by atoms with Gasteiger partial charge in [0.2, 0.25) is 0 Å². The maximum atomic E-state index is 13.7. The largest absolute Gasteiger partial charge is 0.377 e. The van der Waals surface area contributed by atoms with E-state index >= 15 is 0 Å². The minimum atomic E-state index is -0.589. The second kappa shape index (κ2) is 6.99. The standard InChI is InChI=1S/C19H17FN6O/c20-12-3-1-11-2-4-15(13(11)7-12)25-16-8-17(24-9-14(16)19(21)27)26-18-10-22-5-6-23-18/h1,3,5-10,15H,2,4H2,(H2,21,27)(H2,23,24,25,26). The maximum Gasteiger partial charge on any atom is 0.252 e. The summed E-state index contributed by atoms with van der Waals surface area (Å²) < 4.78 is 13.7. The third-order valence-corrected chi connectivity index (χ3v) is 4.50. The van der Waals surface area contributed by atoms with Gasteiger partial charge in [-0.1, -0.05) is 6.07 Å². The number of hydrogen-bond acceptors (Lipinski definition) is 6. The number of primary amides is 1. The number of nitrogens with two attached hydrogens (primary N) is 1. The van der Waals surface area contributed by atoms with Crippen molar-refractivity contribution in [3.05, 3.63) is 71.6 Å². The van der Waals surface area contributed by atoms with Gasteiger partial charge in [0.1, 0.15) is 17.5 Å². The topological polar surface area (TPSA) is 106 Å². The first-order valence-electron chi connectivity index (χ1n) is 8.48. The van der Waals surface area contributed by atoms with E-state index in [1.54, 1.807) is 30.7 Å². The van der Waals surface area contributed by atoms with Crippen LogP contribution >= 0.6 is 0 Å². The molecule has 2 heterocycles. The van der Waals surface area contributed by atoms with E-state index in [-0.39, 0.29) is 17.4 Å². The smallest absolute Gasteiger partial charge is 0.252 e. The first kappa shape index (κ1) is 16.9. The normalized spacial score (nSPS) is 15.2. The summed E-state index contributed by atoms with van der Waals surface area (Å²) >= 11 is 0. The lowest BCUT2D eigenvalue weighted by Crippen LogP contribution is -2.17. The van der Waals surface area contributed by atoms with Gasteiger partial charge in [-0.15, -0.1) is 0 Å². The molecule has 0 radical (unpaired) electrons. The SMILES string of the molecule is NC(=O)c1cnc(Nc2cnccn2)cc1NC1CCc2ccc(F)cc21. The van der Waals surface area contributed by atoms with Crippen molar-refractivity contribution < 1.29 is 9.18 Å². The summed E-state index contributed by atoms with van der Waals surface area (Å²) in [5.41, 5.74) is 8.28. The Bertz CT molecular complexity index is 995. The van der Waals surface area contributed by atoms with Gasteiger partial charge in [0, 0.05) is 24.7 Å². The third-order valence-electron chi connectivity index (χ3n) is 4.50. The van der Waals surface area contributed by atoms with Crippen molar-refractivity contribution >= 4 is 23.2 Å². The van der Waals surface area contributed by atoms with Gasteiger partial charge in [-0.25, -0.2) is 14.4 Å². The molecule has 1 aliphatic carbocycles. The number of fused-ring (bicyclic) bond motifs is 1. The van der Waals surface area contributed by atoms with Crippen LogP contribution < -0.4 is 16.4 Å². The van der Waals surface area contributed by atoms with E-state index in [0.29, 0.717) is 17.3 Å². The number of aryl methyl sites for hydroxylation is 1. The van der Waals surface area contributed by atoms with Crippen molar-refractivity contribution in [2.75, 3.05) is 10.6 Å². The van der Waals surface area contributed by atoms with Gasteiger partial charge in [0.05, 0.1) is 23.5 Å². The quantitative estimate of drug-likeness (QED) is 0.643. The molecule has 136 valence electrons. The number of carbonyl (C=O) groups excluding carboxylic acids is 1. The Morgan fingerprint density at radius 3 is 2.81 bits per heavy atom. The summed E-state index contributed by atoms with van der Waals surface area (Å²) in [6, 6.07) is 6.37. The van der Waals surface area contributed by atoms with E-state index in [2.05, 4.69) is 25.6 Å². The predicted molar refractivity (Wildman–Crippen MR) is 99.2 cm³/mol. The molecule has 1 amide bonds. The van der Waals surface area contributed by atoms with Crippen LogP contribution in [-0.4, -0.2) is 20.9 Å². The summed E-state index contributed by atoms with van der Waals surface area (Å²) in [5.74, 6) is 0.141. The van der Waals surface area contributed by atoms with Crippen molar-refractivity contribution in [2.45, 2.75) is 18.9 Å². The van der Waals surface area contributed by atoms with E-state index in [1.807, 2.05) is 0 Å². The Kier molecular flexibility index (Phi) is 4.37. The van der Waals surface area contributed by atoms with E-state index in [1.165, 1.54) is 18.3 Å². The molecule has 1 aromatic carbocycles. The molecule has 0 fully saturated rings. The lowest BCUT2D eigenvalue weighted by atomic mass is 10.1. The Balaban J connectivity index is 1.64. The highest BCUT2D eigenvalue weighted by molar-refractivity contribution is 5.98.